The Morgan fingerprint density at radius 2 is 2.10 bits per heavy atom. The Morgan fingerprint density at radius 1 is 1.25 bits per heavy atom. The van der Waals surface area contributed by atoms with Gasteiger partial charge < -0.3 is 10.5 Å². The normalized spacial score (nSPS) is 20.1. The maximum absolute atomic E-state index is 5.85. The number of nitrogens with two attached hydrogens (primary N) is 1. The number of ether oxygens (including phenoxy) is 1. The van der Waals surface area contributed by atoms with Crippen LogP contribution in [0.15, 0.2) is 18.2 Å². The van der Waals surface area contributed by atoms with Crippen molar-refractivity contribution in [1.82, 2.24) is 4.90 Å². The van der Waals surface area contributed by atoms with Gasteiger partial charge in [0.05, 0.1) is 6.61 Å². The second-order valence-corrected chi connectivity index (χ2v) is 5.87. The zero-order valence-corrected chi connectivity index (χ0v) is 12.9. The SMILES string of the molecule is Cc1ccc(OCCCN2CCCCC2CN)cc1C. The molecule has 0 amide bonds. The first-order valence-corrected chi connectivity index (χ1v) is 7.85. The van der Waals surface area contributed by atoms with Crippen molar-refractivity contribution < 1.29 is 4.74 Å². The van der Waals surface area contributed by atoms with Gasteiger partial charge >= 0.3 is 0 Å². The smallest absolute Gasteiger partial charge is 0.119 e. The van der Waals surface area contributed by atoms with Gasteiger partial charge in [-0.25, -0.2) is 0 Å². The second kappa shape index (κ2) is 7.65. The molecule has 1 fully saturated rings. The summed E-state index contributed by atoms with van der Waals surface area (Å²) >= 11 is 0. The quantitative estimate of drug-likeness (QED) is 0.812. The monoisotopic (exact) mass is 276 g/mol. The lowest BCUT2D eigenvalue weighted by Gasteiger charge is -2.34. The molecule has 1 heterocycles. The molecule has 3 nitrogen and oxygen atoms in total. The molecule has 1 atom stereocenters. The summed E-state index contributed by atoms with van der Waals surface area (Å²) in [5.74, 6) is 0.988. The zero-order valence-electron chi connectivity index (χ0n) is 12.9. The summed E-state index contributed by atoms with van der Waals surface area (Å²) < 4.78 is 5.84. The molecule has 1 saturated heterocycles. The van der Waals surface area contributed by atoms with Gasteiger partial charge in [-0.2, -0.15) is 0 Å². The fourth-order valence-corrected chi connectivity index (χ4v) is 2.88. The highest BCUT2D eigenvalue weighted by Gasteiger charge is 2.20. The summed E-state index contributed by atoms with van der Waals surface area (Å²) in [4.78, 5) is 2.53. The van der Waals surface area contributed by atoms with Gasteiger partial charge in [-0.15, -0.1) is 0 Å². The summed E-state index contributed by atoms with van der Waals surface area (Å²) in [5, 5.41) is 0. The van der Waals surface area contributed by atoms with Crippen LogP contribution in [-0.4, -0.2) is 37.2 Å². The van der Waals surface area contributed by atoms with Gasteiger partial charge in [0.15, 0.2) is 0 Å². The van der Waals surface area contributed by atoms with Crippen LogP contribution in [0.4, 0.5) is 0 Å². The Bertz CT molecular complexity index is 419. The molecule has 1 aromatic carbocycles. The fourth-order valence-electron chi connectivity index (χ4n) is 2.88. The number of benzene rings is 1. The summed E-state index contributed by atoms with van der Waals surface area (Å²) in [7, 11) is 0. The number of hydrogen-bond donors (Lipinski definition) is 1. The molecule has 20 heavy (non-hydrogen) atoms. The molecule has 0 saturated carbocycles. The van der Waals surface area contributed by atoms with Crippen molar-refractivity contribution in [2.75, 3.05) is 26.2 Å². The Kier molecular flexibility index (Phi) is 5.86. The first-order chi connectivity index (χ1) is 9.70. The maximum atomic E-state index is 5.85. The summed E-state index contributed by atoms with van der Waals surface area (Å²) in [6, 6.07) is 6.90. The molecule has 0 radical (unpaired) electrons. The third-order valence-corrected chi connectivity index (χ3v) is 4.36. The van der Waals surface area contributed by atoms with Gasteiger partial charge in [0, 0.05) is 19.1 Å². The van der Waals surface area contributed by atoms with Gasteiger partial charge in [-0.3, -0.25) is 4.90 Å². The van der Waals surface area contributed by atoms with E-state index in [0.717, 1.165) is 31.9 Å². The van der Waals surface area contributed by atoms with Gasteiger partial charge in [-0.1, -0.05) is 12.5 Å². The predicted octanol–water partition coefficient (Wildman–Crippen LogP) is 2.89. The molecule has 2 rings (SSSR count). The van der Waals surface area contributed by atoms with E-state index >= 15 is 0 Å². The molecule has 0 bridgehead atoms. The standard InChI is InChI=1S/C17H28N2O/c1-14-7-8-17(12-15(14)2)20-11-5-10-19-9-4-3-6-16(19)13-18/h7-8,12,16H,3-6,9-11,13,18H2,1-2H3. The zero-order chi connectivity index (χ0) is 14.4. The minimum Gasteiger partial charge on any atom is -0.494 e. The van der Waals surface area contributed by atoms with E-state index in [4.69, 9.17) is 10.5 Å². The van der Waals surface area contributed by atoms with Crippen LogP contribution in [0.25, 0.3) is 0 Å². The first kappa shape index (κ1) is 15.3. The van der Waals surface area contributed by atoms with E-state index in [1.165, 1.54) is 36.9 Å². The van der Waals surface area contributed by atoms with E-state index in [1.54, 1.807) is 0 Å². The molecular weight excluding hydrogens is 248 g/mol. The van der Waals surface area contributed by atoms with Crippen molar-refractivity contribution >= 4 is 0 Å². The van der Waals surface area contributed by atoms with E-state index in [1.807, 2.05) is 0 Å². The third kappa shape index (κ3) is 4.22. The van der Waals surface area contributed by atoms with E-state index in [-0.39, 0.29) is 0 Å². The number of aryl methyl sites for hydroxylation is 2. The molecule has 112 valence electrons. The average Bonchev–Trinajstić information content (AvgIpc) is 2.47. The number of rotatable bonds is 6. The molecule has 2 N–H and O–H groups in total. The lowest BCUT2D eigenvalue weighted by molar-refractivity contribution is 0.142. The van der Waals surface area contributed by atoms with Crippen molar-refractivity contribution in [2.45, 2.75) is 45.6 Å². The fraction of sp³-hybridized carbons (Fsp3) is 0.647. The Hall–Kier alpha value is -1.06. The Labute approximate surface area is 123 Å². The van der Waals surface area contributed by atoms with Crippen molar-refractivity contribution in [3.05, 3.63) is 29.3 Å². The molecular formula is C17H28N2O. The van der Waals surface area contributed by atoms with E-state index < -0.39 is 0 Å². The van der Waals surface area contributed by atoms with E-state index in [0.29, 0.717) is 6.04 Å². The van der Waals surface area contributed by atoms with Gasteiger partial charge in [-0.05, 0) is 62.9 Å². The maximum Gasteiger partial charge on any atom is 0.119 e. The van der Waals surface area contributed by atoms with E-state index in [9.17, 15) is 0 Å². The average molecular weight is 276 g/mol. The first-order valence-electron chi connectivity index (χ1n) is 7.85. The van der Waals surface area contributed by atoms with Crippen LogP contribution >= 0.6 is 0 Å². The summed E-state index contributed by atoms with van der Waals surface area (Å²) in [5.41, 5.74) is 8.46. The Morgan fingerprint density at radius 3 is 2.85 bits per heavy atom. The highest BCUT2D eigenvalue weighted by atomic mass is 16.5. The number of nitrogens with zero attached hydrogens (tertiary/aromatic N) is 1. The van der Waals surface area contributed by atoms with Gasteiger partial charge in [0.25, 0.3) is 0 Å². The van der Waals surface area contributed by atoms with Crippen LogP contribution in [-0.2, 0) is 0 Å². The topological polar surface area (TPSA) is 38.5 Å². The van der Waals surface area contributed by atoms with Gasteiger partial charge in [0.2, 0.25) is 0 Å². The molecule has 0 aliphatic carbocycles. The molecule has 1 aliphatic rings. The largest absolute Gasteiger partial charge is 0.494 e. The molecule has 1 unspecified atom stereocenters. The van der Waals surface area contributed by atoms with E-state index in [2.05, 4.69) is 36.9 Å². The minimum atomic E-state index is 0.588. The van der Waals surface area contributed by atoms with Crippen molar-refractivity contribution in [2.24, 2.45) is 5.73 Å². The second-order valence-electron chi connectivity index (χ2n) is 5.87. The minimum absolute atomic E-state index is 0.588. The highest BCUT2D eigenvalue weighted by Crippen LogP contribution is 2.18. The van der Waals surface area contributed by atoms with Gasteiger partial charge in [0.1, 0.15) is 5.75 Å². The third-order valence-electron chi connectivity index (χ3n) is 4.36. The van der Waals surface area contributed by atoms with Crippen LogP contribution in [0.2, 0.25) is 0 Å². The lowest BCUT2D eigenvalue weighted by atomic mass is 10.0. The predicted molar refractivity (Wildman–Crippen MR) is 84.3 cm³/mol. The van der Waals surface area contributed by atoms with Crippen LogP contribution in [0, 0.1) is 13.8 Å². The van der Waals surface area contributed by atoms with Crippen LogP contribution in [0.1, 0.15) is 36.8 Å². The molecule has 0 spiro atoms. The molecule has 1 aromatic rings. The van der Waals surface area contributed by atoms with Crippen LogP contribution in [0.3, 0.4) is 0 Å². The lowest BCUT2D eigenvalue weighted by Crippen LogP contribution is -2.44. The number of likely N-dealkylation sites (tertiary alicyclic amines) is 1. The summed E-state index contributed by atoms with van der Waals surface area (Å²) in [6.45, 7) is 8.14. The summed E-state index contributed by atoms with van der Waals surface area (Å²) in [6.07, 6.45) is 4.98. The van der Waals surface area contributed by atoms with Crippen molar-refractivity contribution in [3.63, 3.8) is 0 Å². The number of piperidine rings is 1. The van der Waals surface area contributed by atoms with Crippen molar-refractivity contribution in [3.8, 4) is 5.75 Å². The molecule has 3 heteroatoms. The van der Waals surface area contributed by atoms with Crippen molar-refractivity contribution in [1.29, 1.82) is 0 Å². The number of hydrogen-bond acceptors (Lipinski definition) is 3. The van der Waals surface area contributed by atoms with Crippen LogP contribution < -0.4 is 10.5 Å². The highest BCUT2D eigenvalue weighted by molar-refractivity contribution is 5.33. The van der Waals surface area contributed by atoms with Crippen LogP contribution in [0.5, 0.6) is 5.75 Å². The molecule has 0 aromatic heterocycles. The Balaban J connectivity index is 1.71. The molecule has 1 aliphatic heterocycles.